The number of carbonyl (C=O) groups is 1. The van der Waals surface area contributed by atoms with Crippen molar-refractivity contribution in [3.05, 3.63) is 75.6 Å². The monoisotopic (exact) mass is 689 g/mol. The number of unbranched alkanes of at least 4 members (excludes halogenated alkanes) is 11. The van der Waals surface area contributed by atoms with E-state index in [4.69, 9.17) is 13.8 Å². The highest BCUT2D eigenvalue weighted by Gasteiger charge is 2.38. The minimum Gasteiger partial charge on any atom is -0.413 e. The minimum absolute atomic E-state index is 0.0794. The lowest BCUT2D eigenvalue weighted by molar-refractivity contribution is -0.119. The van der Waals surface area contributed by atoms with Gasteiger partial charge in [-0.1, -0.05) is 88.6 Å². The molecule has 3 rings (SSSR count). The average Bonchev–Trinajstić information content (AvgIpc) is 3.44. The molecule has 268 valence electrons. The van der Waals surface area contributed by atoms with Crippen LogP contribution in [0.25, 0.3) is 0 Å². The molecule has 12 heteroatoms. The Morgan fingerprint density at radius 1 is 0.958 bits per heavy atom. The second-order valence-corrected chi connectivity index (χ2v) is 14.3. The van der Waals surface area contributed by atoms with E-state index in [0.717, 1.165) is 25.7 Å². The molecule has 0 bridgehead atoms. The van der Waals surface area contributed by atoms with Gasteiger partial charge in [-0.2, -0.15) is 0 Å². The van der Waals surface area contributed by atoms with E-state index in [0.29, 0.717) is 25.0 Å². The lowest BCUT2D eigenvalue weighted by Crippen LogP contribution is -2.32. The van der Waals surface area contributed by atoms with Crippen LogP contribution in [0, 0.1) is 0 Å². The van der Waals surface area contributed by atoms with E-state index in [1.165, 1.54) is 74.6 Å². The number of allylic oxidation sites excluding steroid dienone is 2. The van der Waals surface area contributed by atoms with E-state index in [1.807, 2.05) is 0 Å². The number of rotatable bonds is 26. The zero-order valence-electron chi connectivity index (χ0n) is 28.6. The summed E-state index contributed by atoms with van der Waals surface area (Å²) < 4.78 is 32.1. The molecular formula is C36H56N3O8P. The topological polar surface area (TPSA) is 149 Å². The summed E-state index contributed by atoms with van der Waals surface area (Å²) >= 11 is 0. The number of aliphatic hydroxyl groups excluding tert-OH is 1. The van der Waals surface area contributed by atoms with E-state index >= 15 is 0 Å². The summed E-state index contributed by atoms with van der Waals surface area (Å²) in [4.78, 5) is 38.2. The first kappa shape index (κ1) is 39.6. The maximum Gasteiger partial charge on any atom is 0.458 e. The van der Waals surface area contributed by atoms with E-state index in [9.17, 15) is 24.1 Å². The molecule has 1 saturated heterocycles. The molecule has 0 spiro atoms. The summed E-state index contributed by atoms with van der Waals surface area (Å²) in [6.45, 7) is 2.20. The van der Waals surface area contributed by atoms with Crippen molar-refractivity contribution in [2.45, 2.75) is 135 Å². The molecule has 0 amide bonds. The van der Waals surface area contributed by atoms with Gasteiger partial charge in [0, 0.05) is 38.1 Å². The highest BCUT2D eigenvalue weighted by molar-refractivity contribution is 7.52. The fourth-order valence-corrected chi connectivity index (χ4v) is 6.99. The maximum absolute atomic E-state index is 13.7. The van der Waals surface area contributed by atoms with Crippen molar-refractivity contribution in [3.63, 3.8) is 0 Å². The Labute approximate surface area is 285 Å². The fourth-order valence-electron chi connectivity index (χ4n) is 5.61. The van der Waals surface area contributed by atoms with Crippen molar-refractivity contribution in [1.29, 1.82) is 0 Å². The molecule has 1 aromatic heterocycles. The van der Waals surface area contributed by atoms with Gasteiger partial charge in [-0.15, -0.1) is 0 Å². The van der Waals surface area contributed by atoms with Crippen LogP contribution >= 0.6 is 7.75 Å². The van der Waals surface area contributed by atoms with Crippen LogP contribution in [-0.4, -0.2) is 45.8 Å². The average molecular weight is 690 g/mol. The Morgan fingerprint density at radius 2 is 1.60 bits per heavy atom. The quantitative estimate of drug-likeness (QED) is 0.0523. The highest BCUT2D eigenvalue weighted by Crippen LogP contribution is 2.45. The Kier molecular flexibility index (Phi) is 18.8. The first-order valence-electron chi connectivity index (χ1n) is 17.9. The minimum atomic E-state index is -3.91. The van der Waals surface area contributed by atoms with Crippen LogP contribution < -0.4 is 20.9 Å². The Balaban J connectivity index is 1.31. The fraction of sp³-hybridized carbons (Fsp3) is 0.639. The number of para-hydroxylation sites is 1. The number of Topliss-reactive ketones (excluding diaryl/α,β-unsaturated/α-hetero) is 1. The summed E-state index contributed by atoms with van der Waals surface area (Å²) in [5.74, 6) is 0.513. The lowest BCUT2D eigenvalue weighted by Gasteiger charge is -2.22. The zero-order valence-corrected chi connectivity index (χ0v) is 29.5. The summed E-state index contributed by atoms with van der Waals surface area (Å²) in [6, 6.07) is 9.77. The van der Waals surface area contributed by atoms with Crippen molar-refractivity contribution in [2.75, 3.05) is 13.2 Å². The van der Waals surface area contributed by atoms with Gasteiger partial charge in [0.25, 0.3) is 5.56 Å². The largest absolute Gasteiger partial charge is 0.458 e. The number of aliphatic hydroxyl groups is 1. The molecule has 3 N–H and O–H groups in total. The van der Waals surface area contributed by atoms with Gasteiger partial charge in [-0.05, 0) is 50.7 Å². The highest BCUT2D eigenvalue weighted by atomic mass is 31.2. The molecule has 1 unspecified atom stereocenters. The molecule has 48 heavy (non-hydrogen) atoms. The number of hydrogen-bond donors (Lipinski definition) is 3. The van der Waals surface area contributed by atoms with Gasteiger partial charge in [-0.25, -0.2) is 14.4 Å². The van der Waals surface area contributed by atoms with Gasteiger partial charge in [0.15, 0.2) is 0 Å². The van der Waals surface area contributed by atoms with Gasteiger partial charge in [0.2, 0.25) is 0 Å². The van der Waals surface area contributed by atoms with Crippen molar-refractivity contribution >= 4 is 13.5 Å². The van der Waals surface area contributed by atoms with Crippen molar-refractivity contribution < 1.29 is 28.3 Å². The molecule has 4 atom stereocenters. The molecule has 0 aliphatic carbocycles. The molecule has 1 aliphatic heterocycles. The smallest absolute Gasteiger partial charge is 0.413 e. The Morgan fingerprint density at radius 3 is 2.29 bits per heavy atom. The van der Waals surface area contributed by atoms with Gasteiger partial charge in [-0.3, -0.25) is 23.7 Å². The maximum atomic E-state index is 13.7. The van der Waals surface area contributed by atoms with Gasteiger partial charge < -0.3 is 14.4 Å². The SMILES string of the molecule is CCCCCCCC/C=C\CCCCCCCC(=O)CCCNP(=O)(OC[C@H]1O[C@@H](n2ccc(=O)[nH]c2=O)C[C@@H]1O)Oc1ccccc1. The number of ketones is 1. The summed E-state index contributed by atoms with van der Waals surface area (Å²) in [6.07, 6.45) is 20.5. The molecule has 1 aromatic carbocycles. The summed E-state index contributed by atoms with van der Waals surface area (Å²) in [7, 11) is -3.91. The van der Waals surface area contributed by atoms with E-state index in [1.54, 1.807) is 30.3 Å². The van der Waals surface area contributed by atoms with E-state index in [2.05, 4.69) is 29.1 Å². The van der Waals surface area contributed by atoms with Crippen molar-refractivity contribution in [1.82, 2.24) is 14.6 Å². The van der Waals surface area contributed by atoms with E-state index < -0.39 is 37.4 Å². The third kappa shape index (κ3) is 15.6. The van der Waals surface area contributed by atoms with Gasteiger partial charge in [0.1, 0.15) is 23.9 Å². The summed E-state index contributed by atoms with van der Waals surface area (Å²) in [5.41, 5.74) is -1.20. The first-order chi connectivity index (χ1) is 23.3. The normalized spacial score (nSPS) is 19.1. The summed E-state index contributed by atoms with van der Waals surface area (Å²) in [5, 5.41) is 13.4. The standard InChI is InChI=1S/C36H56N3O8P/c1-2-3-4-5-6-7-8-9-10-11-12-13-14-15-17-21-30(40)22-20-26-37-48(44,47-31-23-18-16-19-24-31)45-29-33-32(41)28-35(46-33)39-27-25-34(42)38-36(39)43/h9-10,16,18-19,23-25,27,32-33,35,41H,2-8,11-15,17,20-22,26,28-29H2,1H3,(H,37,44)(H,38,42,43)/b10-9-/t32-,33+,35+,48?/m0/s1. The molecule has 11 nitrogen and oxygen atoms in total. The van der Waals surface area contributed by atoms with Crippen LogP contribution in [-0.2, 0) is 18.6 Å². The lowest BCUT2D eigenvalue weighted by atomic mass is 10.1. The number of nitrogens with one attached hydrogen (secondary N) is 2. The number of hydrogen-bond acceptors (Lipinski definition) is 8. The van der Waals surface area contributed by atoms with Crippen LogP contribution in [0.2, 0.25) is 0 Å². The van der Waals surface area contributed by atoms with Crippen LogP contribution in [0.3, 0.4) is 0 Å². The second kappa shape index (κ2) is 22.7. The van der Waals surface area contributed by atoms with Crippen LogP contribution in [0.4, 0.5) is 0 Å². The molecule has 2 aromatic rings. The van der Waals surface area contributed by atoms with Crippen LogP contribution in [0.1, 0.15) is 122 Å². The van der Waals surface area contributed by atoms with Gasteiger partial charge >= 0.3 is 13.4 Å². The molecular weight excluding hydrogens is 633 g/mol. The number of carbonyl (C=O) groups excluding carboxylic acids is 1. The number of benzene rings is 1. The molecule has 0 radical (unpaired) electrons. The predicted octanol–water partition coefficient (Wildman–Crippen LogP) is 7.37. The molecule has 0 saturated carbocycles. The Hall–Kier alpha value is -2.82. The molecule has 2 heterocycles. The second-order valence-electron chi connectivity index (χ2n) is 12.5. The zero-order chi connectivity index (χ0) is 34.5. The third-order valence-corrected chi connectivity index (χ3v) is 9.95. The Bertz CT molecular complexity index is 1380. The van der Waals surface area contributed by atoms with Crippen molar-refractivity contribution in [2.24, 2.45) is 0 Å². The van der Waals surface area contributed by atoms with E-state index in [-0.39, 0.29) is 25.4 Å². The number of aromatic amines is 1. The number of nitrogens with zero attached hydrogens (tertiary/aromatic N) is 1. The van der Waals surface area contributed by atoms with Crippen molar-refractivity contribution in [3.8, 4) is 5.75 Å². The number of ether oxygens (including phenoxy) is 1. The number of aromatic nitrogens is 2. The molecule has 1 fully saturated rings. The molecule has 1 aliphatic rings. The third-order valence-electron chi connectivity index (χ3n) is 8.40. The van der Waals surface area contributed by atoms with Crippen LogP contribution in [0.15, 0.2) is 64.3 Å². The predicted molar refractivity (Wildman–Crippen MR) is 188 cm³/mol. The number of H-pyrrole nitrogens is 1. The first-order valence-corrected chi connectivity index (χ1v) is 19.4. The van der Waals surface area contributed by atoms with Gasteiger partial charge in [0.05, 0.1) is 12.7 Å². The van der Waals surface area contributed by atoms with Crippen LogP contribution in [0.5, 0.6) is 5.75 Å².